The van der Waals surface area contributed by atoms with Crippen molar-refractivity contribution < 1.29 is 0 Å². The maximum Gasteiger partial charge on any atom is 0.157 e. The van der Waals surface area contributed by atoms with Crippen LogP contribution in [0.1, 0.15) is 67.7 Å². The maximum absolute atomic E-state index is 10.0. The summed E-state index contributed by atoms with van der Waals surface area (Å²) in [6.45, 7) is 5.18. The quantitative estimate of drug-likeness (QED) is 0.251. The molecule has 33 heavy (non-hydrogen) atoms. The van der Waals surface area contributed by atoms with Crippen molar-refractivity contribution in [2.45, 2.75) is 65.2 Å². The zero-order valence-corrected chi connectivity index (χ0v) is 19.9. The number of nitrogens with zero attached hydrogens (tertiary/aromatic N) is 3. The SMILES string of the molecule is CCCCCCCCc1c(C)c(C#N)c2nc3ccccc3n2c1NCCc1ccccc1. The molecule has 0 aliphatic carbocycles. The largest absolute Gasteiger partial charge is 0.371 e. The van der Waals surface area contributed by atoms with Gasteiger partial charge in [0, 0.05) is 6.54 Å². The third-order valence-electron chi connectivity index (χ3n) is 6.56. The summed E-state index contributed by atoms with van der Waals surface area (Å²) < 4.78 is 2.18. The number of para-hydroxylation sites is 2. The van der Waals surface area contributed by atoms with E-state index in [1.165, 1.54) is 43.2 Å². The Hall–Kier alpha value is -3.32. The van der Waals surface area contributed by atoms with Gasteiger partial charge >= 0.3 is 0 Å². The van der Waals surface area contributed by atoms with Crippen LogP contribution in [0.5, 0.6) is 0 Å². The van der Waals surface area contributed by atoms with E-state index in [2.05, 4.69) is 66.0 Å². The highest BCUT2D eigenvalue weighted by atomic mass is 15.1. The van der Waals surface area contributed by atoms with Crippen LogP contribution < -0.4 is 5.32 Å². The molecule has 0 amide bonds. The van der Waals surface area contributed by atoms with Gasteiger partial charge in [-0.2, -0.15) is 5.26 Å². The highest BCUT2D eigenvalue weighted by Crippen LogP contribution is 2.32. The van der Waals surface area contributed by atoms with E-state index in [1.54, 1.807) is 0 Å². The molecule has 170 valence electrons. The predicted molar refractivity (Wildman–Crippen MR) is 138 cm³/mol. The van der Waals surface area contributed by atoms with Gasteiger partial charge in [0.2, 0.25) is 0 Å². The molecule has 4 heteroatoms. The lowest BCUT2D eigenvalue weighted by Gasteiger charge is -2.19. The number of fused-ring (bicyclic) bond motifs is 3. The number of nitrogens with one attached hydrogen (secondary N) is 1. The van der Waals surface area contributed by atoms with Crippen LogP contribution in [0.15, 0.2) is 54.6 Å². The van der Waals surface area contributed by atoms with Crippen LogP contribution in [0.2, 0.25) is 0 Å². The summed E-state index contributed by atoms with van der Waals surface area (Å²) >= 11 is 0. The molecular formula is C29H34N4. The Morgan fingerprint density at radius 2 is 1.64 bits per heavy atom. The van der Waals surface area contributed by atoms with E-state index in [-0.39, 0.29) is 0 Å². The summed E-state index contributed by atoms with van der Waals surface area (Å²) in [6, 6.07) is 21.2. The minimum atomic E-state index is 0.695. The van der Waals surface area contributed by atoms with Crippen LogP contribution in [-0.4, -0.2) is 15.9 Å². The molecule has 0 aliphatic heterocycles. The lowest BCUT2D eigenvalue weighted by molar-refractivity contribution is 0.607. The summed E-state index contributed by atoms with van der Waals surface area (Å²) in [5.74, 6) is 1.10. The minimum Gasteiger partial charge on any atom is -0.371 e. The molecule has 0 aliphatic rings. The molecule has 0 unspecified atom stereocenters. The summed E-state index contributed by atoms with van der Waals surface area (Å²) in [6.07, 6.45) is 9.47. The Kier molecular flexibility index (Phi) is 7.62. The molecule has 0 atom stereocenters. The minimum absolute atomic E-state index is 0.695. The van der Waals surface area contributed by atoms with E-state index in [9.17, 15) is 5.26 Å². The normalized spacial score (nSPS) is 11.2. The first kappa shape index (κ1) is 22.9. The number of unbranched alkanes of at least 4 members (excludes halogenated alkanes) is 5. The van der Waals surface area contributed by atoms with Gasteiger partial charge in [0.1, 0.15) is 11.9 Å². The lowest BCUT2D eigenvalue weighted by Crippen LogP contribution is -2.13. The molecule has 0 saturated carbocycles. The third kappa shape index (κ3) is 5.03. The fraction of sp³-hybridized carbons (Fsp3) is 0.379. The first-order valence-corrected chi connectivity index (χ1v) is 12.3. The smallest absolute Gasteiger partial charge is 0.157 e. The third-order valence-corrected chi connectivity index (χ3v) is 6.56. The molecule has 2 heterocycles. The summed E-state index contributed by atoms with van der Waals surface area (Å²) in [5, 5.41) is 13.8. The van der Waals surface area contributed by atoms with Crippen molar-refractivity contribution in [1.82, 2.24) is 9.38 Å². The number of hydrogen-bond donors (Lipinski definition) is 1. The van der Waals surface area contributed by atoms with Gasteiger partial charge in [0.05, 0.1) is 16.6 Å². The summed E-state index contributed by atoms with van der Waals surface area (Å²) in [5.41, 5.74) is 7.07. The van der Waals surface area contributed by atoms with Gasteiger partial charge in [-0.1, -0.05) is 81.5 Å². The van der Waals surface area contributed by atoms with Gasteiger partial charge in [-0.15, -0.1) is 0 Å². The number of nitriles is 1. The van der Waals surface area contributed by atoms with Crippen LogP contribution >= 0.6 is 0 Å². The molecule has 1 N–H and O–H groups in total. The van der Waals surface area contributed by atoms with Crippen LogP contribution in [-0.2, 0) is 12.8 Å². The van der Waals surface area contributed by atoms with Crippen molar-refractivity contribution in [3.8, 4) is 6.07 Å². The molecular weight excluding hydrogens is 404 g/mol. The summed E-state index contributed by atoms with van der Waals surface area (Å²) in [4.78, 5) is 4.85. The Morgan fingerprint density at radius 1 is 0.909 bits per heavy atom. The highest BCUT2D eigenvalue weighted by molar-refractivity contribution is 5.86. The predicted octanol–water partition coefficient (Wildman–Crippen LogP) is 7.23. The number of rotatable bonds is 11. The monoisotopic (exact) mass is 438 g/mol. The Bertz CT molecular complexity index is 1250. The van der Waals surface area contributed by atoms with Crippen LogP contribution in [0.3, 0.4) is 0 Å². The van der Waals surface area contributed by atoms with Gasteiger partial charge in [-0.3, -0.25) is 4.40 Å². The van der Waals surface area contributed by atoms with Gasteiger partial charge < -0.3 is 5.32 Å². The van der Waals surface area contributed by atoms with E-state index in [4.69, 9.17) is 4.98 Å². The van der Waals surface area contributed by atoms with E-state index < -0.39 is 0 Å². The van der Waals surface area contributed by atoms with Crippen molar-refractivity contribution in [3.63, 3.8) is 0 Å². The lowest BCUT2D eigenvalue weighted by atomic mass is 9.98. The molecule has 2 aromatic heterocycles. The molecule has 0 saturated heterocycles. The number of pyridine rings is 1. The second-order valence-electron chi connectivity index (χ2n) is 8.88. The van der Waals surface area contributed by atoms with Crippen molar-refractivity contribution in [2.24, 2.45) is 0 Å². The zero-order chi connectivity index (χ0) is 23.0. The molecule has 2 aromatic carbocycles. The topological polar surface area (TPSA) is 53.1 Å². The molecule has 4 aromatic rings. The molecule has 0 fully saturated rings. The number of benzene rings is 2. The molecule has 0 radical (unpaired) electrons. The van der Waals surface area contributed by atoms with E-state index in [1.807, 2.05) is 18.2 Å². The van der Waals surface area contributed by atoms with Gasteiger partial charge in [-0.05, 0) is 55.0 Å². The number of aromatic nitrogens is 2. The first-order valence-electron chi connectivity index (χ1n) is 12.3. The van der Waals surface area contributed by atoms with Crippen LogP contribution in [0.25, 0.3) is 16.7 Å². The highest BCUT2D eigenvalue weighted by Gasteiger charge is 2.20. The van der Waals surface area contributed by atoms with Crippen molar-refractivity contribution >= 4 is 22.5 Å². The second-order valence-corrected chi connectivity index (χ2v) is 8.88. The molecule has 0 bridgehead atoms. The number of imidazole rings is 1. The fourth-order valence-corrected chi connectivity index (χ4v) is 4.73. The second kappa shape index (κ2) is 11.0. The summed E-state index contributed by atoms with van der Waals surface area (Å²) in [7, 11) is 0. The first-order chi connectivity index (χ1) is 16.2. The van der Waals surface area contributed by atoms with E-state index >= 15 is 0 Å². The van der Waals surface area contributed by atoms with E-state index in [0.29, 0.717) is 5.56 Å². The fourth-order valence-electron chi connectivity index (χ4n) is 4.73. The Morgan fingerprint density at radius 3 is 2.42 bits per heavy atom. The van der Waals surface area contributed by atoms with Crippen molar-refractivity contribution in [2.75, 3.05) is 11.9 Å². The molecule has 4 rings (SSSR count). The standard InChI is InChI=1S/C29H34N4/c1-3-4-5-6-7-11-16-24-22(2)25(21-30)29-32-26-17-12-13-18-27(26)33(29)28(24)31-20-19-23-14-9-8-10-15-23/h8-10,12-15,17-18,31H,3-7,11,16,19-20H2,1-2H3. The van der Waals surface area contributed by atoms with Crippen molar-refractivity contribution in [1.29, 1.82) is 5.26 Å². The zero-order valence-electron chi connectivity index (χ0n) is 19.9. The maximum atomic E-state index is 10.0. The average Bonchev–Trinajstić information content (AvgIpc) is 3.22. The van der Waals surface area contributed by atoms with Gasteiger partial charge in [-0.25, -0.2) is 4.98 Å². The number of anilines is 1. The Balaban J connectivity index is 1.71. The van der Waals surface area contributed by atoms with Crippen molar-refractivity contribution in [3.05, 3.63) is 76.9 Å². The van der Waals surface area contributed by atoms with E-state index in [0.717, 1.165) is 53.9 Å². The van der Waals surface area contributed by atoms with Gasteiger partial charge in [0.25, 0.3) is 0 Å². The van der Waals surface area contributed by atoms with Gasteiger partial charge in [0.15, 0.2) is 5.65 Å². The average molecular weight is 439 g/mol. The molecule has 0 spiro atoms. The van der Waals surface area contributed by atoms with Crippen LogP contribution in [0.4, 0.5) is 5.82 Å². The number of hydrogen-bond acceptors (Lipinski definition) is 3. The molecule has 4 nitrogen and oxygen atoms in total. The Labute approximate surface area is 197 Å². The van der Waals surface area contributed by atoms with Crippen LogP contribution in [0, 0.1) is 18.3 Å².